The van der Waals surface area contributed by atoms with E-state index in [1.165, 1.54) is 0 Å². The second-order valence-electron chi connectivity index (χ2n) is 10.5. The van der Waals surface area contributed by atoms with Crippen molar-refractivity contribution in [1.82, 2.24) is 14.9 Å². The minimum absolute atomic E-state index is 0.120. The lowest BCUT2D eigenvalue weighted by Crippen LogP contribution is -2.42. The first-order valence-corrected chi connectivity index (χ1v) is 13.3. The molecular weight excluding hydrogens is 490 g/mol. The van der Waals surface area contributed by atoms with Crippen molar-refractivity contribution in [3.63, 3.8) is 0 Å². The first kappa shape index (κ1) is 23.6. The highest BCUT2D eigenvalue weighted by Crippen LogP contribution is 2.52. The molecule has 1 amide bonds. The van der Waals surface area contributed by atoms with Crippen LogP contribution in [0.2, 0.25) is 0 Å². The fraction of sp³-hybridized carbons (Fsp3) is 0.219. The zero-order chi connectivity index (χ0) is 26.6. The number of hydrogen-bond acceptors (Lipinski definition) is 5. The lowest BCUT2D eigenvalue weighted by molar-refractivity contribution is -0.141. The van der Waals surface area contributed by atoms with Crippen LogP contribution in [0.15, 0.2) is 94.1 Å². The summed E-state index contributed by atoms with van der Waals surface area (Å²) in [6, 6.07) is 27.0. The maximum Gasteiger partial charge on any atom is 0.256 e. The average molecular weight is 518 g/mol. The Balaban J connectivity index is 1.12. The van der Waals surface area contributed by atoms with Gasteiger partial charge in [-0.05, 0) is 42.2 Å². The van der Waals surface area contributed by atoms with E-state index < -0.39 is 12.0 Å². The highest BCUT2D eigenvalue weighted by atomic mass is 16.3. The van der Waals surface area contributed by atoms with Crippen molar-refractivity contribution in [3.05, 3.63) is 123 Å². The summed E-state index contributed by atoms with van der Waals surface area (Å²) in [5.74, 6) is 0.940. The molecule has 2 aliphatic rings. The fourth-order valence-electron chi connectivity index (χ4n) is 5.69. The van der Waals surface area contributed by atoms with Gasteiger partial charge in [-0.25, -0.2) is 4.98 Å². The molecule has 1 aliphatic carbocycles. The van der Waals surface area contributed by atoms with Gasteiger partial charge in [-0.3, -0.25) is 9.59 Å². The Hall–Kier alpha value is -4.49. The highest BCUT2D eigenvalue weighted by Gasteiger charge is 2.48. The largest absolute Gasteiger partial charge is 0.456 e. The molecule has 0 radical (unpaired) electrons. The van der Waals surface area contributed by atoms with E-state index in [4.69, 9.17) is 9.40 Å². The smallest absolute Gasteiger partial charge is 0.256 e. The van der Waals surface area contributed by atoms with E-state index in [0.29, 0.717) is 35.7 Å². The maximum absolute atomic E-state index is 13.3. The predicted molar refractivity (Wildman–Crippen MR) is 147 cm³/mol. The molecule has 194 valence electrons. The molecule has 1 fully saturated rings. The Morgan fingerprint density at radius 3 is 2.59 bits per heavy atom. The van der Waals surface area contributed by atoms with E-state index in [9.17, 15) is 14.7 Å². The summed E-state index contributed by atoms with van der Waals surface area (Å²) in [5.41, 5.74) is 3.98. The van der Waals surface area contributed by atoms with Crippen molar-refractivity contribution in [1.29, 1.82) is 0 Å². The van der Waals surface area contributed by atoms with Crippen molar-refractivity contribution in [2.75, 3.05) is 6.54 Å². The van der Waals surface area contributed by atoms with Crippen LogP contribution in [-0.2, 0) is 23.2 Å². The number of benzene rings is 3. The lowest BCUT2D eigenvalue weighted by atomic mass is 9.94. The molecule has 3 heterocycles. The van der Waals surface area contributed by atoms with Gasteiger partial charge in [0.2, 0.25) is 0 Å². The SMILES string of the molecule is O=C([C@H](O)c1cccc(-c2cc3ccccc3o2)c1)N1CCc2nc(C3(c4ccccc4)CC3)[nH]c(=O)c2C1. The van der Waals surface area contributed by atoms with Gasteiger partial charge in [-0.2, -0.15) is 0 Å². The number of aliphatic hydroxyl groups is 1. The third-order valence-corrected chi connectivity index (χ3v) is 8.06. The minimum Gasteiger partial charge on any atom is -0.456 e. The summed E-state index contributed by atoms with van der Waals surface area (Å²) in [6.45, 7) is 0.510. The van der Waals surface area contributed by atoms with Crippen molar-refractivity contribution in [2.45, 2.75) is 37.3 Å². The van der Waals surface area contributed by atoms with Crippen LogP contribution in [-0.4, -0.2) is 32.4 Å². The van der Waals surface area contributed by atoms with E-state index >= 15 is 0 Å². The third-order valence-electron chi connectivity index (χ3n) is 8.06. The standard InChI is InChI=1S/C32H27N3O4/c36-28(22-9-6-8-20(17-22)27-18-21-7-4-5-12-26(21)39-27)30(38)35-16-13-25-24(19-35)29(37)34-31(33-25)32(14-15-32)23-10-2-1-3-11-23/h1-12,17-18,28,36H,13-16,19H2,(H,33,34,37)/t28-/m1/s1. The number of rotatable bonds is 5. The second-order valence-corrected chi connectivity index (χ2v) is 10.5. The molecule has 1 saturated carbocycles. The van der Waals surface area contributed by atoms with Crippen LogP contribution >= 0.6 is 0 Å². The first-order valence-electron chi connectivity index (χ1n) is 13.3. The summed E-state index contributed by atoms with van der Waals surface area (Å²) in [7, 11) is 0. The molecule has 0 saturated heterocycles. The van der Waals surface area contributed by atoms with Gasteiger partial charge in [0.1, 0.15) is 17.2 Å². The fourth-order valence-corrected chi connectivity index (χ4v) is 5.69. The van der Waals surface area contributed by atoms with E-state index in [1.807, 2.05) is 54.6 Å². The number of nitrogens with zero attached hydrogens (tertiary/aromatic N) is 2. The molecule has 1 aliphatic heterocycles. The molecule has 0 spiro atoms. The molecule has 2 N–H and O–H groups in total. The van der Waals surface area contributed by atoms with Gasteiger partial charge in [0, 0.05) is 23.9 Å². The van der Waals surface area contributed by atoms with Gasteiger partial charge < -0.3 is 19.4 Å². The topological polar surface area (TPSA) is 99.4 Å². The molecule has 7 rings (SSSR count). The van der Waals surface area contributed by atoms with Crippen LogP contribution in [0, 0.1) is 0 Å². The number of H-pyrrole nitrogens is 1. The number of carbonyl (C=O) groups excluding carboxylic acids is 1. The number of aromatic amines is 1. The van der Waals surface area contributed by atoms with Gasteiger partial charge in [0.15, 0.2) is 6.10 Å². The highest BCUT2D eigenvalue weighted by molar-refractivity contribution is 5.84. The third kappa shape index (κ3) is 4.06. The van der Waals surface area contributed by atoms with Crippen LogP contribution < -0.4 is 5.56 Å². The van der Waals surface area contributed by atoms with Gasteiger partial charge in [-0.15, -0.1) is 0 Å². The number of para-hydroxylation sites is 1. The van der Waals surface area contributed by atoms with E-state index in [1.54, 1.807) is 23.1 Å². The number of nitrogens with one attached hydrogen (secondary N) is 1. The van der Waals surface area contributed by atoms with Crippen LogP contribution in [0.1, 0.15) is 47.2 Å². The first-order chi connectivity index (χ1) is 19.0. The van der Waals surface area contributed by atoms with E-state index in [2.05, 4.69) is 17.1 Å². The predicted octanol–water partition coefficient (Wildman–Crippen LogP) is 4.88. The average Bonchev–Trinajstić information content (AvgIpc) is 3.69. The number of amides is 1. The van der Waals surface area contributed by atoms with Gasteiger partial charge in [0.25, 0.3) is 11.5 Å². The number of aliphatic hydroxyl groups excluding tert-OH is 1. The van der Waals surface area contributed by atoms with Crippen LogP contribution in [0.25, 0.3) is 22.3 Å². The Morgan fingerprint density at radius 1 is 1.00 bits per heavy atom. The van der Waals surface area contributed by atoms with E-state index in [-0.39, 0.29) is 17.5 Å². The van der Waals surface area contributed by atoms with Crippen molar-refractivity contribution in [2.24, 2.45) is 0 Å². The summed E-state index contributed by atoms with van der Waals surface area (Å²) in [6.07, 6.45) is 1.01. The van der Waals surface area contributed by atoms with Gasteiger partial charge in [-0.1, -0.05) is 66.7 Å². The zero-order valence-electron chi connectivity index (χ0n) is 21.3. The lowest BCUT2D eigenvalue weighted by Gasteiger charge is -2.30. The Morgan fingerprint density at radius 2 is 1.79 bits per heavy atom. The van der Waals surface area contributed by atoms with Crippen molar-refractivity contribution >= 4 is 16.9 Å². The molecule has 0 unspecified atom stereocenters. The molecule has 0 bridgehead atoms. The number of hydrogen-bond donors (Lipinski definition) is 2. The maximum atomic E-state index is 13.3. The molecule has 3 aromatic carbocycles. The monoisotopic (exact) mass is 517 g/mol. The summed E-state index contributed by atoms with van der Waals surface area (Å²) < 4.78 is 5.96. The number of aromatic nitrogens is 2. The normalized spacial score (nSPS) is 16.6. The van der Waals surface area contributed by atoms with Crippen LogP contribution in [0.4, 0.5) is 0 Å². The molecule has 7 heteroatoms. The number of fused-ring (bicyclic) bond motifs is 2. The zero-order valence-corrected chi connectivity index (χ0v) is 21.3. The summed E-state index contributed by atoms with van der Waals surface area (Å²) >= 11 is 0. The quantitative estimate of drug-likeness (QED) is 0.346. The van der Waals surface area contributed by atoms with Crippen LogP contribution in [0.3, 0.4) is 0 Å². The summed E-state index contributed by atoms with van der Waals surface area (Å²) in [4.78, 5) is 36.0. The Kier molecular flexibility index (Phi) is 5.49. The van der Waals surface area contributed by atoms with Crippen molar-refractivity contribution < 1.29 is 14.3 Å². The van der Waals surface area contributed by atoms with Crippen LogP contribution in [0.5, 0.6) is 0 Å². The van der Waals surface area contributed by atoms with Gasteiger partial charge >= 0.3 is 0 Å². The van der Waals surface area contributed by atoms with E-state index in [0.717, 1.165) is 40.6 Å². The molecule has 1 atom stereocenters. The molecular formula is C32H27N3O4. The summed E-state index contributed by atoms with van der Waals surface area (Å²) in [5, 5.41) is 12.0. The molecule has 39 heavy (non-hydrogen) atoms. The second kappa shape index (κ2) is 9.06. The molecule has 7 nitrogen and oxygen atoms in total. The van der Waals surface area contributed by atoms with Crippen molar-refractivity contribution in [3.8, 4) is 11.3 Å². The molecule has 5 aromatic rings. The molecule has 2 aromatic heterocycles. The Labute approximate surface area is 224 Å². The number of furan rings is 1. The number of carbonyl (C=O) groups is 1. The Bertz CT molecular complexity index is 1730. The minimum atomic E-state index is -1.35. The van der Waals surface area contributed by atoms with Gasteiger partial charge in [0.05, 0.1) is 23.2 Å².